The Morgan fingerprint density at radius 1 is 1.03 bits per heavy atom. The number of nitrogens with one attached hydrogen (secondary N) is 2. The summed E-state index contributed by atoms with van der Waals surface area (Å²) in [5.74, 6) is 3.19. The molecular weight excluding hydrogens is 390 g/mol. The number of nitrogens with zero attached hydrogens (tertiary/aromatic N) is 3. The minimum atomic E-state index is -0.0566. The van der Waals surface area contributed by atoms with Crippen LogP contribution in [0.1, 0.15) is 49.3 Å². The van der Waals surface area contributed by atoms with Crippen LogP contribution in [0.5, 0.6) is 0 Å². The maximum absolute atomic E-state index is 5.84. The number of furan rings is 1. The Balaban J connectivity index is 1.54. The number of aliphatic imine (C=N–C) groups is 1. The Kier molecular flexibility index (Phi) is 7.52. The quantitative estimate of drug-likeness (QED) is 0.420. The van der Waals surface area contributed by atoms with E-state index in [9.17, 15) is 0 Å². The molecule has 0 aliphatic rings. The van der Waals surface area contributed by atoms with Crippen LogP contribution in [-0.2, 0) is 31.6 Å². The molecule has 3 aromatic rings. The van der Waals surface area contributed by atoms with Crippen molar-refractivity contribution in [2.75, 3.05) is 14.1 Å². The minimum absolute atomic E-state index is 0.0566. The van der Waals surface area contributed by atoms with Crippen molar-refractivity contribution < 1.29 is 8.83 Å². The summed E-state index contributed by atoms with van der Waals surface area (Å²) in [5, 5.41) is 6.66. The molecule has 2 aromatic heterocycles. The van der Waals surface area contributed by atoms with Gasteiger partial charge in [0.1, 0.15) is 11.5 Å². The third-order valence-corrected chi connectivity index (χ3v) is 4.93. The van der Waals surface area contributed by atoms with Gasteiger partial charge in [-0.1, -0.05) is 45.0 Å². The summed E-state index contributed by atoms with van der Waals surface area (Å²) in [4.78, 5) is 10.9. The van der Waals surface area contributed by atoms with Gasteiger partial charge in [0.2, 0.25) is 5.89 Å². The van der Waals surface area contributed by atoms with Gasteiger partial charge in [-0.2, -0.15) is 0 Å². The van der Waals surface area contributed by atoms with Gasteiger partial charge in [0, 0.05) is 25.6 Å². The van der Waals surface area contributed by atoms with Gasteiger partial charge in [-0.05, 0) is 30.3 Å². The summed E-state index contributed by atoms with van der Waals surface area (Å²) >= 11 is 0. The zero-order valence-electron chi connectivity index (χ0n) is 19.1. The van der Waals surface area contributed by atoms with E-state index >= 15 is 0 Å². The number of hydrogen-bond acceptors (Lipinski definition) is 5. The summed E-state index contributed by atoms with van der Waals surface area (Å²) in [6.45, 7) is 9.06. The van der Waals surface area contributed by atoms with Crippen molar-refractivity contribution in [3.05, 3.63) is 77.4 Å². The van der Waals surface area contributed by atoms with Crippen molar-refractivity contribution in [3.63, 3.8) is 0 Å². The van der Waals surface area contributed by atoms with Crippen LogP contribution in [0.3, 0.4) is 0 Å². The molecule has 0 amide bonds. The third kappa shape index (κ3) is 6.72. The summed E-state index contributed by atoms with van der Waals surface area (Å²) < 4.78 is 11.3. The van der Waals surface area contributed by atoms with E-state index in [-0.39, 0.29) is 5.41 Å². The maximum Gasteiger partial charge on any atom is 0.213 e. The summed E-state index contributed by atoms with van der Waals surface area (Å²) in [5.41, 5.74) is 2.43. The molecule has 0 aliphatic carbocycles. The SMILES string of the molecule is CN=C(NCc1ncc(C(C)(C)C)o1)NCc1ccccc1CN(C)Cc1ccco1. The molecule has 0 bridgehead atoms. The predicted octanol–water partition coefficient (Wildman–Crippen LogP) is 4.06. The molecule has 0 unspecified atom stereocenters. The molecule has 7 heteroatoms. The molecule has 0 saturated heterocycles. The Labute approximate surface area is 184 Å². The molecule has 0 aliphatic heterocycles. The summed E-state index contributed by atoms with van der Waals surface area (Å²) in [7, 11) is 3.85. The lowest BCUT2D eigenvalue weighted by molar-refractivity contribution is 0.287. The molecule has 0 radical (unpaired) electrons. The van der Waals surface area contributed by atoms with E-state index in [2.05, 4.69) is 77.6 Å². The largest absolute Gasteiger partial charge is 0.468 e. The number of oxazole rings is 1. The second kappa shape index (κ2) is 10.3. The van der Waals surface area contributed by atoms with E-state index in [0.717, 1.165) is 24.6 Å². The topological polar surface area (TPSA) is 78.8 Å². The average Bonchev–Trinajstić information content (AvgIpc) is 3.41. The molecule has 1 aromatic carbocycles. The van der Waals surface area contributed by atoms with Crippen molar-refractivity contribution in [2.45, 2.75) is 52.4 Å². The van der Waals surface area contributed by atoms with Gasteiger partial charge in [-0.3, -0.25) is 9.89 Å². The summed E-state index contributed by atoms with van der Waals surface area (Å²) in [6.07, 6.45) is 3.50. The molecule has 2 heterocycles. The average molecular weight is 424 g/mol. The highest BCUT2D eigenvalue weighted by atomic mass is 16.4. The van der Waals surface area contributed by atoms with Crippen LogP contribution in [0.25, 0.3) is 0 Å². The predicted molar refractivity (Wildman–Crippen MR) is 123 cm³/mol. The molecule has 31 heavy (non-hydrogen) atoms. The van der Waals surface area contributed by atoms with Crippen LogP contribution < -0.4 is 10.6 Å². The fourth-order valence-electron chi connectivity index (χ4n) is 3.20. The molecule has 0 spiro atoms. The first-order valence-electron chi connectivity index (χ1n) is 10.5. The van der Waals surface area contributed by atoms with Crippen molar-refractivity contribution in [3.8, 4) is 0 Å². The Morgan fingerprint density at radius 3 is 2.42 bits per heavy atom. The Morgan fingerprint density at radius 2 is 1.77 bits per heavy atom. The number of benzene rings is 1. The van der Waals surface area contributed by atoms with Gasteiger partial charge in [0.15, 0.2) is 5.96 Å². The Bertz CT molecular complexity index is 970. The van der Waals surface area contributed by atoms with E-state index in [4.69, 9.17) is 8.83 Å². The van der Waals surface area contributed by atoms with E-state index in [1.807, 2.05) is 12.1 Å². The first-order valence-corrected chi connectivity index (χ1v) is 10.5. The van der Waals surface area contributed by atoms with Crippen LogP contribution in [0.4, 0.5) is 0 Å². The molecule has 0 atom stereocenters. The monoisotopic (exact) mass is 423 g/mol. The Hall–Kier alpha value is -3.06. The fraction of sp³-hybridized carbons (Fsp3) is 0.417. The van der Waals surface area contributed by atoms with Crippen molar-refractivity contribution >= 4 is 5.96 Å². The molecule has 2 N–H and O–H groups in total. The lowest BCUT2D eigenvalue weighted by Crippen LogP contribution is -2.36. The third-order valence-electron chi connectivity index (χ3n) is 4.93. The van der Waals surface area contributed by atoms with Gasteiger partial charge < -0.3 is 19.5 Å². The molecule has 7 nitrogen and oxygen atoms in total. The number of rotatable bonds is 8. The van der Waals surface area contributed by atoms with Crippen LogP contribution >= 0.6 is 0 Å². The van der Waals surface area contributed by atoms with Gasteiger partial charge in [-0.25, -0.2) is 4.98 Å². The summed E-state index contributed by atoms with van der Waals surface area (Å²) in [6, 6.07) is 12.3. The zero-order valence-corrected chi connectivity index (χ0v) is 19.1. The van der Waals surface area contributed by atoms with Crippen molar-refractivity contribution in [1.82, 2.24) is 20.5 Å². The smallest absolute Gasteiger partial charge is 0.213 e. The first-order chi connectivity index (χ1) is 14.8. The van der Waals surface area contributed by atoms with Crippen molar-refractivity contribution in [2.24, 2.45) is 4.99 Å². The lowest BCUT2D eigenvalue weighted by Gasteiger charge is -2.19. The highest BCUT2D eigenvalue weighted by molar-refractivity contribution is 5.79. The van der Waals surface area contributed by atoms with Crippen LogP contribution in [-0.4, -0.2) is 29.9 Å². The van der Waals surface area contributed by atoms with Crippen molar-refractivity contribution in [1.29, 1.82) is 0 Å². The van der Waals surface area contributed by atoms with Gasteiger partial charge in [0.05, 0.1) is 25.5 Å². The highest BCUT2D eigenvalue weighted by Crippen LogP contribution is 2.22. The number of guanidine groups is 1. The molecule has 0 fully saturated rings. The lowest BCUT2D eigenvalue weighted by atomic mass is 9.94. The number of hydrogen-bond donors (Lipinski definition) is 2. The second-order valence-corrected chi connectivity index (χ2v) is 8.67. The normalized spacial score (nSPS) is 12.4. The molecule has 0 saturated carbocycles. The van der Waals surface area contributed by atoms with Crippen LogP contribution in [0, 0.1) is 0 Å². The van der Waals surface area contributed by atoms with E-state index in [1.165, 1.54) is 11.1 Å². The van der Waals surface area contributed by atoms with Gasteiger partial charge in [-0.15, -0.1) is 0 Å². The van der Waals surface area contributed by atoms with Gasteiger partial charge in [0.25, 0.3) is 0 Å². The zero-order chi connectivity index (χ0) is 22.3. The standard InChI is InChI=1S/C24H33N5O2/c1-24(2,3)21-14-26-22(31-21)15-28-23(25-4)27-13-18-9-6-7-10-19(18)16-29(5)17-20-11-8-12-30-20/h6-12,14H,13,15-17H2,1-5H3,(H2,25,27,28). The van der Waals surface area contributed by atoms with Crippen LogP contribution in [0.2, 0.25) is 0 Å². The minimum Gasteiger partial charge on any atom is -0.468 e. The molecule has 166 valence electrons. The van der Waals surface area contributed by atoms with Gasteiger partial charge >= 0.3 is 0 Å². The maximum atomic E-state index is 5.84. The van der Waals surface area contributed by atoms with E-state index in [0.29, 0.717) is 24.9 Å². The van der Waals surface area contributed by atoms with E-state index in [1.54, 1.807) is 19.5 Å². The highest BCUT2D eigenvalue weighted by Gasteiger charge is 2.19. The molecular formula is C24H33N5O2. The van der Waals surface area contributed by atoms with E-state index < -0.39 is 0 Å². The second-order valence-electron chi connectivity index (χ2n) is 8.67. The number of aromatic nitrogens is 1. The molecule has 3 rings (SSSR count). The first kappa shape index (κ1) is 22.6. The van der Waals surface area contributed by atoms with Crippen LogP contribution in [0.15, 0.2) is 62.7 Å². The fourth-order valence-corrected chi connectivity index (χ4v) is 3.20.